The maximum atomic E-state index is 12.9. The largest absolute Gasteiger partial charge is 0.462 e. The zero-order valence-electron chi connectivity index (χ0n) is 50.4. The Balaban J connectivity index is 4.28. The molecule has 0 aromatic heterocycles. The van der Waals surface area contributed by atoms with E-state index in [4.69, 9.17) is 14.2 Å². The third-order valence-electron chi connectivity index (χ3n) is 13.0. The SMILES string of the molecule is CC/C=C\C/C=C\C/C=C\C/C=C\C/C=C\C/C=C\C/C=C\CCCCCCCCCCCC(=O)OCC(COC(=O)CCCCCCC/C=C\CCC)OC(=O)CCCCCCCC/C=C\C/C=C\C/C=C\C/C=C\CC. The Labute approximate surface area is 480 Å². The molecule has 0 fully saturated rings. The van der Waals surface area contributed by atoms with Crippen molar-refractivity contribution >= 4 is 17.9 Å². The van der Waals surface area contributed by atoms with Gasteiger partial charge in [-0.05, 0) is 135 Å². The van der Waals surface area contributed by atoms with Gasteiger partial charge in [0.05, 0.1) is 0 Å². The fraction of sp³-hybridized carbons (Fsp3) is 0.625. The van der Waals surface area contributed by atoms with Gasteiger partial charge in [-0.1, -0.05) is 263 Å². The monoisotopic (exact) mass is 1080 g/mol. The molecule has 1 atom stereocenters. The first-order valence-corrected chi connectivity index (χ1v) is 31.8. The van der Waals surface area contributed by atoms with E-state index in [-0.39, 0.29) is 31.1 Å². The van der Waals surface area contributed by atoms with E-state index in [0.29, 0.717) is 19.3 Å². The lowest BCUT2D eigenvalue weighted by molar-refractivity contribution is -0.167. The van der Waals surface area contributed by atoms with Crippen LogP contribution in [0, 0.1) is 0 Å². The highest BCUT2D eigenvalue weighted by Gasteiger charge is 2.19. The Morgan fingerprint density at radius 3 is 0.795 bits per heavy atom. The van der Waals surface area contributed by atoms with Crippen LogP contribution in [0.15, 0.2) is 146 Å². The van der Waals surface area contributed by atoms with Crippen LogP contribution in [0.4, 0.5) is 0 Å². The van der Waals surface area contributed by atoms with E-state index in [2.05, 4.69) is 167 Å². The molecule has 78 heavy (non-hydrogen) atoms. The summed E-state index contributed by atoms with van der Waals surface area (Å²) in [6, 6.07) is 0. The Morgan fingerprint density at radius 1 is 0.269 bits per heavy atom. The number of allylic oxidation sites excluding steroid dienone is 24. The lowest BCUT2D eigenvalue weighted by atomic mass is 10.1. The first-order valence-electron chi connectivity index (χ1n) is 31.8. The van der Waals surface area contributed by atoms with Gasteiger partial charge in [-0.3, -0.25) is 14.4 Å². The molecule has 0 spiro atoms. The molecule has 6 nitrogen and oxygen atoms in total. The van der Waals surface area contributed by atoms with Crippen LogP contribution in [-0.4, -0.2) is 37.2 Å². The standard InChI is InChI=1S/C72H116O6/c1-4-7-10-13-16-19-22-24-26-28-30-31-32-33-34-35-36-37-38-39-40-41-43-44-46-48-50-53-56-59-62-65-71(74)77-68-69(67-76-70(73)64-61-58-55-52-21-18-15-12-9-6-3)78-72(75)66-63-60-57-54-51-49-47-45-42-29-27-25-23-20-17-14-11-8-5-2/h7-8,10-12,15-17,19-20,24-27,30-31,33-34,36-37,39-40,42,45,69H,4-6,9,13-14,18,21-23,28-29,32,35,38,41,43-44,46-68H2,1-3H3/b10-7-,11-8-,15-12-,19-16-,20-17-,26-24-,27-25-,31-30-,34-33-,37-36-,40-39-,45-42-. The van der Waals surface area contributed by atoms with E-state index in [1.54, 1.807) is 0 Å². The maximum absolute atomic E-state index is 12.9. The van der Waals surface area contributed by atoms with Gasteiger partial charge >= 0.3 is 17.9 Å². The van der Waals surface area contributed by atoms with E-state index >= 15 is 0 Å². The summed E-state index contributed by atoms with van der Waals surface area (Å²) in [5.41, 5.74) is 0. The first-order chi connectivity index (χ1) is 38.5. The highest BCUT2D eigenvalue weighted by atomic mass is 16.6. The minimum Gasteiger partial charge on any atom is -0.462 e. The van der Waals surface area contributed by atoms with Crippen molar-refractivity contribution in [3.63, 3.8) is 0 Å². The van der Waals surface area contributed by atoms with E-state index < -0.39 is 6.10 Å². The van der Waals surface area contributed by atoms with Crippen LogP contribution in [-0.2, 0) is 28.6 Å². The normalized spacial score (nSPS) is 13.1. The average Bonchev–Trinajstić information content (AvgIpc) is 3.44. The predicted octanol–water partition coefficient (Wildman–Crippen LogP) is 21.9. The van der Waals surface area contributed by atoms with Gasteiger partial charge in [0.15, 0.2) is 6.10 Å². The fourth-order valence-corrected chi connectivity index (χ4v) is 8.36. The molecule has 0 aromatic rings. The zero-order valence-corrected chi connectivity index (χ0v) is 50.4. The second kappa shape index (κ2) is 64.8. The lowest BCUT2D eigenvalue weighted by Gasteiger charge is -2.18. The van der Waals surface area contributed by atoms with Gasteiger partial charge in [0.25, 0.3) is 0 Å². The van der Waals surface area contributed by atoms with Crippen LogP contribution < -0.4 is 0 Å². The van der Waals surface area contributed by atoms with E-state index in [1.807, 2.05) is 0 Å². The molecule has 0 radical (unpaired) electrons. The molecule has 0 heterocycles. The van der Waals surface area contributed by atoms with Crippen molar-refractivity contribution in [2.45, 2.75) is 277 Å². The van der Waals surface area contributed by atoms with Crippen molar-refractivity contribution in [1.82, 2.24) is 0 Å². The molecule has 0 aliphatic carbocycles. The Hall–Kier alpha value is -4.71. The quantitative estimate of drug-likeness (QED) is 0.0261. The number of carbonyl (C=O) groups is 3. The molecular formula is C72H116O6. The maximum Gasteiger partial charge on any atom is 0.306 e. The van der Waals surface area contributed by atoms with Crippen LogP contribution in [0.2, 0.25) is 0 Å². The van der Waals surface area contributed by atoms with Crippen molar-refractivity contribution in [2.24, 2.45) is 0 Å². The van der Waals surface area contributed by atoms with Gasteiger partial charge in [-0.25, -0.2) is 0 Å². The molecule has 0 aliphatic heterocycles. The van der Waals surface area contributed by atoms with Crippen molar-refractivity contribution in [3.05, 3.63) is 146 Å². The van der Waals surface area contributed by atoms with Gasteiger partial charge in [0.1, 0.15) is 13.2 Å². The number of hydrogen-bond donors (Lipinski definition) is 0. The molecule has 0 rings (SSSR count). The van der Waals surface area contributed by atoms with Gasteiger partial charge in [0.2, 0.25) is 0 Å². The zero-order chi connectivity index (χ0) is 56.4. The molecular weight excluding hydrogens is 961 g/mol. The summed E-state index contributed by atoms with van der Waals surface area (Å²) in [7, 11) is 0. The van der Waals surface area contributed by atoms with Crippen LogP contribution in [0.3, 0.4) is 0 Å². The fourth-order valence-electron chi connectivity index (χ4n) is 8.36. The van der Waals surface area contributed by atoms with Crippen molar-refractivity contribution in [3.8, 4) is 0 Å². The molecule has 0 aromatic carbocycles. The third-order valence-corrected chi connectivity index (χ3v) is 13.0. The van der Waals surface area contributed by atoms with Crippen LogP contribution in [0.1, 0.15) is 271 Å². The number of ether oxygens (including phenoxy) is 3. The van der Waals surface area contributed by atoms with Crippen molar-refractivity contribution in [2.75, 3.05) is 13.2 Å². The smallest absolute Gasteiger partial charge is 0.306 e. The summed E-state index contributed by atoms with van der Waals surface area (Å²) in [5, 5.41) is 0. The molecule has 0 bridgehead atoms. The number of esters is 3. The molecule has 0 saturated carbocycles. The van der Waals surface area contributed by atoms with E-state index in [9.17, 15) is 14.4 Å². The topological polar surface area (TPSA) is 78.9 Å². The van der Waals surface area contributed by atoms with Gasteiger partial charge in [-0.15, -0.1) is 0 Å². The third kappa shape index (κ3) is 62.1. The van der Waals surface area contributed by atoms with Gasteiger partial charge in [-0.2, -0.15) is 0 Å². The highest BCUT2D eigenvalue weighted by molar-refractivity contribution is 5.71. The Morgan fingerprint density at radius 2 is 0.500 bits per heavy atom. The highest BCUT2D eigenvalue weighted by Crippen LogP contribution is 2.15. The Kier molecular flexibility index (Phi) is 60.9. The van der Waals surface area contributed by atoms with E-state index in [1.165, 1.54) is 64.2 Å². The minimum absolute atomic E-state index is 0.0941. The summed E-state index contributed by atoms with van der Waals surface area (Å²) < 4.78 is 16.9. The molecule has 0 N–H and O–H groups in total. The van der Waals surface area contributed by atoms with Crippen LogP contribution >= 0.6 is 0 Å². The second-order valence-corrected chi connectivity index (χ2v) is 20.5. The Bertz CT molecular complexity index is 1710. The number of rotatable bonds is 56. The predicted molar refractivity (Wildman–Crippen MR) is 339 cm³/mol. The second-order valence-electron chi connectivity index (χ2n) is 20.5. The molecule has 0 amide bonds. The van der Waals surface area contributed by atoms with Crippen LogP contribution in [0.5, 0.6) is 0 Å². The lowest BCUT2D eigenvalue weighted by Crippen LogP contribution is -2.30. The van der Waals surface area contributed by atoms with Crippen molar-refractivity contribution < 1.29 is 28.6 Å². The van der Waals surface area contributed by atoms with Gasteiger partial charge < -0.3 is 14.2 Å². The van der Waals surface area contributed by atoms with Crippen LogP contribution in [0.25, 0.3) is 0 Å². The molecule has 0 saturated heterocycles. The summed E-state index contributed by atoms with van der Waals surface area (Å²) in [6.45, 7) is 6.33. The molecule has 440 valence electrons. The summed E-state index contributed by atoms with van der Waals surface area (Å²) >= 11 is 0. The first kappa shape index (κ1) is 73.3. The molecule has 1 unspecified atom stereocenters. The summed E-state index contributed by atoms with van der Waals surface area (Å²) in [5.74, 6) is -0.926. The van der Waals surface area contributed by atoms with Crippen molar-refractivity contribution in [1.29, 1.82) is 0 Å². The average molecular weight is 1080 g/mol. The summed E-state index contributed by atoms with van der Waals surface area (Å²) in [6.07, 6.45) is 92.9. The van der Waals surface area contributed by atoms with Gasteiger partial charge in [0, 0.05) is 19.3 Å². The number of hydrogen-bond acceptors (Lipinski definition) is 6. The summed E-state index contributed by atoms with van der Waals surface area (Å²) in [4.78, 5) is 38.2. The van der Waals surface area contributed by atoms with E-state index in [0.717, 1.165) is 167 Å². The molecule has 0 aliphatic rings. The molecule has 6 heteroatoms. The minimum atomic E-state index is -0.797. The number of carbonyl (C=O) groups excluding carboxylic acids is 3. The number of unbranched alkanes of at least 4 members (excludes halogenated alkanes) is 21.